The van der Waals surface area contributed by atoms with E-state index in [1.54, 1.807) is 18.2 Å². The second-order valence-corrected chi connectivity index (χ2v) is 6.71. The lowest BCUT2D eigenvalue weighted by atomic mass is 10.2. The largest absolute Gasteiger partial charge is 0.489 e. The van der Waals surface area contributed by atoms with E-state index in [-0.39, 0.29) is 31.4 Å². The topological polar surface area (TPSA) is 53.5 Å². The Balaban J connectivity index is 0.00000338. The number of aliphatic hydroxyl groups is 1. The third-order valence-corrected chi connectivity index (χ3v) is 4.33. The average Bonchev–Trinajstić information content (AvgIpc) is 2.58. The molecule has 0 atom stereocenters. The van der Waals surface area contributed by atoms with Gasteiger partial charge in [0.2, 0.25) is 0 Å². The van der Waals surface area contributed by atoms with Crippen LogP contribution in [0.15, 0.2) is 36.4 Å². The first kappa shape index (κ1) is 26.6. The Bertz CT molecular complexity index is 689. The minimum atomic E-state index is 0. The number of nitrogens with one attached hydrogen (secondary N) is 2. The Labute approximate surface area is 187 Å². The number of rotatable bonds is 10. The van der Waals surface area contributed by atoms with Gasteiger partial charge < -0.3 is 20.5 Å². The minimum absolute atomic E-state index is 0. The lowest BCUT2D eigenvalue weighted by molar-refractivity contribution is 0.292. The molecule has 2 aromatic carbocycles. The average molecular weight is 477 g/mol. The zero-order chi connectivity index (χ0) is 18.1. The number of halogens is 5. The highest BCUT2D eigenvalue weighted by atomic mass is 35.5. The molecule has 3 N–H and O–H groups in total. The van der Waals surface area contributed by atoms with Crippen molar-refractivity contribution in [2.75, 3.05) is 26.2 Å². The van der Waals surface area contributed by atoms with Crippen molar-refractivity contribution in [2.45, 2.75) is 13.2 Å². The Hall–Kier alpha value is -0.430. The van der Waals surface area contributed by atoms with Crippen molar-refractivity contribution < 1.29 is 9.84 Å². The predicted molar refractivity (Wildman–Crippen MR) is 118 cm³/mol. The molecule has 0 aromatic heterocycles. The molecule has 0 heterocycles. The first-order chi connectivity index (χ1) is 12.1. The van der Waals surface area contributed by atoms with E-state index in [1.807, 2.05) is 18.2 Å². The van der Waals surface area contributed by atoms with E-state index in [0.717, 1.165) is 30.0 Å². The van der Waals surface area contributed by atoms with Gasteiger partial charge in [0.1, 0.15) is 12.4 Å². The molecule has 4 nitrogen and oxygen atoms in total. The molecule has 27 heavy (non-hydrogen) atoms. The molecule has 0 unspecified atom stereocenters. The van der Waals surface area contributed by atoms with Crippen LogP contribution in [0.5, 0.6) is 5.75 Å². The highest BCUT2D eigenvalue weighted by Gasteiger charge is 2.07. The van der Waals surface area contributed by atoms with Gasteiger partial charge in [-0.3, -0.25) is 0 Å². The van der Waals surface area contributed by atoms with Crippen LogP contribution in [0, 0.1) is 0 Å². The third kappa shape index (κ3) is 9.55. The van der Waals surface area contributed by atoms with E-state index in [4.69, 9.17) is 44.6 Å². The fourth-order valence-corrected chi connectivity index (χ4v) is 2.88. The molecule has 0 amide bonds. The normalized spacial score (nSPS) is 10.1. The summed E-state index contributed by atoms with van der Waals surface area (Å²) in [6.07, 6.45) is 0. The van der Waals surface area contributed by atoms with Crippen molar-refractivity contribution in [2.24, 2.45) is 0 Å². The highest BCUT2D eigenvalue weighted by Crippen LogP contribution is 2.26. The zero-order valence-electron chi connectivity index (χ0n) is 14.5. The summed E-state index contributed by atoms with van der Waals surface area (Å²) < 4.78 is 5.92. The molecule has 2 aromatic rings. The van der Waals surface area contributed by atoms with Gasteiger partial charge in [-0.1, -0.05) is 40.9 Å². The van der Waals surface area contributed by atoms with Crippen molar-refractivity contribution in [3.05, 3.63) is 62.6 Å². The van der Waals surface area contributed by atoms with Crippen molar-refractivity contribution in [1.82, 2.24) is 10.6 Å². The number of benzene rings is 2. The molecule has 0 radical (unpaired) electrons. The molecule has 0 aliphatic heterocycles. The molecule has 0 aliphatic carbocycles. The molecular weight excluding hydrogens is 453 g/mol. The van der Waals surface area contributed by atoms with Crippen molar-refractivity contribution in [1.29, 1.82) is 0 Å². The van der Waals surface area contributed by atoms with E-state index >= 15 is 0 Å². The van der Waals surface area contributed by atoms with Crippen LogP contribution < -0.4 is 15.4 Å². The van der Waals surface area contributed by atoms with Crippen LogP contribution >= 0.6 is 59.6 Å². The third-order valence-electron chi connectivity index (χ3n) is 3.50. The first-order valence-corrected chi connectivity index (χ1v) is 9.11. The van der Waals surface area contributed by atoms with Gasteiger partial charge in [0.05, 0.1) is 6.61 Å². The van der Waals surface area contributed by atoms with Crippen LogP contribution in [0.3, 0.4) is 0 Å². The maximum Gasteiger partial charge on any atom is 0.124 e. The molecule has 0 saturated carbocycles. The Morgan fingerprint density at radius 2 is 1.48 bits per heavy atom. The SMILES string of the molecule is Cl.Cl.OCCNCCNCc1cc(Cl)ccc1OCc1ccc(Cl)cc1Cl. The molecular formula is C18H23Cl5N2O2. The van der Waals surface area contributed by atoms with Crippen LogP contribution in [0.2, 0.25) is 15.1 Å². The standard InChI is InChI=1S/C18H21Cl3N2O2.2ClH/c19-15-3-4-18(14(9-15)11-23-6-5-22-7-8-24)25-12-13-1-2-16(20)10-17(13)21;;/h1-4,9-10,22-24H,5-8,11-12H2;2*1H. The molecule has 0 fully saturated rings. The van der Waals surface area contributed by atoms with E-state index in [0.29, 0.717) is 34.8 Å². The smallest absolute Gasteiger partial charge is 0.124 e. The first-order valence-electron chi connectivity index (χ1n) is 7.97. The zero-order valence-corrected chi connectivity index (χ0v) is 18.4. The monoisotopic (exact) mass is 474 g/mol. The quantitative estimate of drug-likeness (QED) is 0.434. The highest BCUT2D eigenvalue weighted by molar-refractivity contribution is 6.35. The molecule has 9 heteroatoms. The van der Waals surface area contributed by atoms with Crippen LogP contribution in [-0.4, -0.2) is 31.3 Å². The summed E-state index contributed by atoms with van der Waals surface area (Å²) in [5, 5.41) is 17.0. The maximum absolute atomic E-state index is 8.72. The van der Waals surface area contributed by atoms with Crippen LogP contribution in [-0.2, 0) is 13.2 Å². The Kier molecular flexibility index (Phi) is 14.3. The Morgan fingerprint density at radius 3 is 2.19 bits per heavy atom. The van der Waals surface area contributed by atoms with Crippen LogP contribution in [0.1, 0.15) is 11.1 Å². The Morgan fingerprint density at radius 1 is 0.815 bits per heavy atom. The number of hydrogen-bond acceptors (Lipinski definition) is 4. The summed E-state index contributed by atoms with van der Waals surface area (Å²) in [6, 6.07) is 10.9. The summed E-state index contributed by atoms with van der Waals surface area (Å²) in [4.78, 5) is 0. The summed E-state index contributed by atoms with van der Waals surface area (Å²) >= 11 is 18.2. The summed E-state index contributed by atoms with van der Waals surface area (Å²) in [5.41, 5.74) is 1.84. The second-order valence-electron chi connectivity index (χ2n) is 5.43. The van der Waals surface area contributed by atoms with Gasteiger partial charge in [-0.05, 0) is 30.3 Å². The number of hydrogen-bond donors (Lipinski definition) is 3. The van der Waals surface area contributed by atoms with Gasteiger partial charge in [-0.2, -0.15) is 0 Å². The second kappa shape index (κ2) is 14.6. The van der Waals surface area contributed by atoms with E-state index in [1.165, 1.54) is 0 Å². The van der Waals surface area contributed by atoms with Gasteiger partial charge in [0.25, 0.3) is 0 Å². The van der Waals surface area contributed by atoms with Crippen LogP contribution in [0.4, 0.5) is 0 Å². The molecule has 2 rings (SSSR count). The number of ether oxygens (including phenoxy) is 1. The molecule has 152 valence electrons. The molecule has 0 bridgehead atoms. The minimum Gasteiger partial charge on any atom is -0.489 e. The lowest BCUT2D eigenvalue weighted by Crippen LogP contribution is -2.28. The summed E-state index contributed by atoms with van der Waals surface area (Å²) in [5.74, 6) is 0.756. The molecule has 0 saturated heterocycles. The van der Waals surface area contributed by atoms with Gasteiger partial charge in [-0.25, -0.2) is 0 Å². The fourth-order valence-electron chi connectivity index (χ4n) is 2.23. The van der Waals surface area contributed by atoms with Crippen molar-refractivity contribution in [3.8, 4) is 5.75 Å². The van der Waals surface area contributed by atoms with E-state index < -0.39 is 0 Å². The van der Waals surface area contributed by atoms with E-state index in [2.05, 4.69) is 10.6 Å². The van der Waals surface area contributed by atoms with Crippen LogP contribution in [0.25, 0.3) is 0 Å². The molecule has 0 aliphatic rings. The predicted octanol–water partition coefficient (Wildman–Crippen LogP) is 4.74. The maximum atomic E-state index is 8.72. The lowest BCUT2D eigenvalue weighted by Gasteiger charge is -2.14. The summed E-state index contributed by atoms with van der Waals surface area (Å²) in [6.45, 7) is 3.26. The van der Waals surface area contributed by atoms with Crippen molar-refractivity contribution >= 4 is 59.6 Å². The van der Waals surface area contributed by atoms with Gasteiger partial charge >= 0.3 is 0 Å². The summed E-state index contributed by atoms with van der Waals surface area (Å²) in [7, 11) is 0. The fraction of sp³-hybridized carbons (Fsp3) is 0.333. The van der Waals surface area contributed by atoms with Gasteiger partial charge in [0.15, 0.2) is 0 Å². The van der Waals surface area contributed by atoms with Crippen molar-refractivity contribution in [3.63, 3.8) is 0 Å². The van der Waals surface area contributed by atoms with E-state index in [9.17, 15) is 0 Å². The molecule has 0 spiro atoms. The number of aliphatic hydroxyl groups excluding tert-OH is 1. The van der Waals surface area contributed by atoms with Gasteiger partial charge in [0, 0.05) is 52.4 Å². The van der Waals surface area contributed by atoms with Gasteiger partial charge in [-0.15, -0.1) is 24.8 Å².